The number of anilines is 1. The molecule has 1 aliphatic rings. The van der Waals surface area contributed by atoms with Crippen LogP contribution >= 0.6 is 23.2 Å². The van der Waals surface area contributed by atoms with Crippen LogP contribution in [0.4, 0.5) is 10.5 Å². The van der Waals surface area contributed by atoms with Gasteiger partial charge in [-0.2, -0.15) is 15.4 Å². The first-order chi connectivity index (χ1) is 15.2. The second-order valence-electron chi connectivity index (χ2n) is 6.26. The summed E-state index contributed by atoms with van der Waals surface area (Å²) in [7, 11) is 0. The van der Waals surface area contributed by atoms with Gasteiger partial charge in [-0.15, -0.1) is 0 Å². The molecule has 32 heavy (non-hydrogen) atoms. The molecular weight excluding hydrogens is 461 g/mol. The summed E-state index contributed by atoms with van der Waals surface area (Å²) in [6, 6.07) is 6.50. The summed E-state index contributed by atoms with van der Waals surface area (Å²) in [6.07, 6.45) is 1.31. The molecule has 0 saturated carbocycles. The van der Waals surface area contributed by atoms with Gasteiger partial charge in [0.1, 0.15) is 18.4 Å². The van der Waals surface area contributed by atoms with Crippen LogP contribution in [-0.2, 0) is 16.1 Å². The normalized spacial score (nSPS) is 13.2. The van der Waals surface area contributed by atoms with Crippen molar-refractivity contribution in [2.24, 2.45) is 5.10 Å². The number of benzene rings is 1. The summed E-state index contributed by atoms with van der Waals surface area (Å²) in [5.41, 5.74) is -0.260. The molecule has 3 rings (SSSR count). The van der Waals surface area contributed by atoms with E-state index in [0.717, 1.165) is 9.58 Å². The lowest BCUT2D eigenvalue weighted by molar-refractivity contribution is -0.143. The van der Waals surface area contributed by atoms with Gasteiger partial charge in [-0.25, -0.2) is 4.79 Å². The van der Waals surface area contributed by atoms with E-state index in [1.807, 2.05) is 6.07 Å². The highest BCUT2D eigenvalue weighted by atomic mass is 35.5. The van der Waals surface area contributed by atoms with Crippen molar-refractivity contribution in [2.45, 2.75) is 13.5 Å². The molecule has 0 atom stereocenters. The van der Waals surface area contributed by atoms with Crippen LogP contribution in [-0.4, -0.2) is 28.9 Å². The third kappa shape index (κ3) is 4.91. The predicted molar refractivity (Wildman–Crippen MR) is 117 cm³/mol. The Labute approximate surface area is 191 Å². The maximum absolute atomic E-state index is 12.2. The van der Waals surface area contributed by atoms with Gasteiger partial charge >= 0.3 is 12.0 Å². The van der Waals surface area contributed by atoms with Crippen molar-refractivity contribution in [3.05, 3.63) is 63.1 Å². The van der Waals surface area contributed by atoms with Crippen molar-refractivity contribution in [3.63, 3.8) is 0 Å². The van der Waals surface area contributed by atoms with Crippen LogP contribution < -0.4 is 20.6 Å². The number of carbonyl (C=O) groups is 2. The van der Waals surface area contributed by atoms with Gasteiger partial charge < -0.3 is 19.4 Å². The summed E-state index contributed by atoms with van der Waals surface area (Å²) in [5, 5.41) is 16.4. The molecule has 0 bridgehead atoms. The maximum Gasteiger partial charge on any atom is 0.347 e. The van der Waals surface area contributed by atoms with E-state index in [0.29, 0.717) is 0 Å². The molecule has 1 N–H and O–H groups in total. The fourth-order valence-corrected chi connectivity index (χ4v) is 3.19. The van der Waals surface area contributed by atoms with Gasteiger partial charge in [-0.1, -0.05) is 29.8 Å². The first kappa shape index (κ1) is 22.9. The Morgan fingerprint density at radius 3 is 2.59 bits per heavy atom. The van der Waals surface area contributed by atoms with E-state index in [1.165, 1.54) is 30.5 Å². The minimum Gasteiger partial charge on any atom is -0.465 e. The number of rotatable bonds is 6. The van der Waals surface area contributed by atoms with Crippen molar-refractivity contribution < 1.29 is 19.1 Å². The molecule has 10 nitrogen and oxygen atoms in total. The SMILES string of the molecule is C=C1NC(=O)N(c2cc(Cl)c(Oc3ccc(=O)n(CC(=O)OCC)c3)c(Cl)c2)N=C1C#N. The molecule has 0 saturated heterocycles. The second kappa shape index (κ2) is 9.55. The topological polar surface area (TPSA) is 126 Å². The monoisotopic (exact) mass is 475 g/mol. The minimum atomic E-state index is -0.652. The first-order valence-corrected chi connectivity index (χ1v) is 9.81. The number of ether oxygens (including phenoxy) is 2. The summed E-state index contributed by atoms with van der Waals surface area (Å²) >= 11 is 12.6. The van der Waals surface area contributed by atoms with E-state index in [4.69, 9.17) is 37.9 Å². The third-order valence-corrected chi connectivity index (χ3v) is 4.61. The van der Waals surface area contributed by atoms with Crippen LogP contribution in [0.25, 0.3) is 0 Å². The summed E-state index contributed by atoms with van der Waals surface area (Å²) < 4.78 is 11.7. The summed E-state index contributed by atoms with van der Waals surface area (Å²) in [5.74, 6) is -0.348. The number of allylic oxidation sites excluding steroid dienone is 1. The molecule has 1 aromatic heterocycles. The number of nitriles is 1. The van der Waals surface area contributed by atoms with Crippen LogP contribution in [0, 0.1) is 11.3 Å². The number of esters is 1. The molecule has 2 amide bonds. The number of hydrogen-bond acceptors (Lipinski definition) is 7. The van der Waals surface area contributed by atoms with Crippen molar-refractivity contribution in [1.29, 1.82) is 5.26 Å². The Morgan fingerprint density at radius 2 is 1.97 bits per heavy atom. The first-order valence-electron chi connectivity index (χ1n) is 9.05. The molecule has 1 aromatic carbocycles. The Kier molecular flexibility index (Phi) is 6.82. The Balaban J connectivity index is 1.90. The summed E-state index contributed by atoms with van der Waals surface area (Å²) in [6.45, 7) is 5.09. The molecule has 2 aromatic rings. The average molecular weight is 476 g/mol. The van der Waals surface area contributed by atoms with Gasteiger partial charge in [0.15, 0.2) is 11.5 Å². The number of nitrogens with one attached hydrogen (secondary N) is 1. The maximum atomic E-state index is 12.2. The van der Waals surface area contributed by atoms with Crippen molar-refractivity contribution in [1.82, 2.24) is 9.88 Å². The molecule has 12 heteroatoms. The molecule has 0 radical (unpaired) electrons. The van der Waals surface area contributed by atoms with Crippen LogP contribution in [0.1, 0.15) is 6.92 Å². The number of hydrazone groups is 1. The van der Waals surface area contributed by atoms with Crippen molar-refractivity contribution in [2.75, 3.05) is 11.6 Å². The molecule has 164 valence electrons. The van der Waals surface area contributed by atoms with Crippen LogP contribution in [0.15, 0.2) is 52.6 Å². The van der Waals surface area contributed by atoms with Crippen LogP contribution in [0.2, 0.25) is 10.0 Å². The van der Waals surface area contributed by atoms with Gasteiger partial charge in [0.2, 0.25) is 0 Å². The lowest BCUT2D eigenvalue weighted by atomic mass is 10.2. The van der Waals surface area contributed by atoms with E-state index in [9.17, 15) is 14.4 Å². The zero-order valence-electron chi connectivity index (χ0n) is 16.6. The van der Waals surface area contributed by atoms with E-state index in [2.05, 4.69) is 17.0 Å². The number of pyridine rings is 1. The quantitative estimate of drug-likeness (QED) is 0.637. The Hall–Kier alpha value is -3.81. The average Bonchev–Trinajstić information content (AvgIpc) is 2.73. The van der Waals surface area contributed by atoms with Crippen molar-refractivity contribution >= 4 is 46.6 Å². The van der Waals surface area contributed by atoms with Gasteiger partial charge in [-0.05, 0) is 25.1 Å². The number of amides is 2. The molecular formula is C20H15Cl2N5O5. The molecule has 0 unspecified atom stereocenters. The predicted octanol–water partition coefficient (Wildman–Crippen LogP) is 3.43. The van der Waals surface area contributed by atoms with Gasteiger partial charge in [0, 0.05) is 6.07 Å². The zero-order chi connectivity index (χ0) is 23.4. The molecule has 2 heterocycles. The van der Waals surface area contributed by atoms with Gasteiger partial charge in [-0.3, -0.25) is 9.59 Å². The van der Waals surface area contributed by atoms with Crippen LogP contribution in [0.5, 0.6) is 11.5 Å². The number of halogens is 2. The second-order valence-corrected chi connectivity index (χ2v) is 7.07. The fraction of sp³-hybridized carbons (Fsp3) is 0.150. The molecule has 0 spiro atoms. The standard InChI is InChI=1S/C20H15Cl2N5O5/c1-3-31-18(29)10-26-9-13(4-5-17(26)28)32-19-14(21)6-12(7-15(19)22)27-20(30)24-11(2)16(8-23)25-27/h4-7,9H,2-3,10H2,1H3,(H,24,30). The number of carbonyl (C=O) groups excluding carboxylic acids is 2. The number of hydrogen-bond donors (Lipinski definition) is 1. The number of nitrogens with zero attached hydrogens (tertiary/aromatic N) is 4. The molecule has 0 aliphatic carbocycles. The molecule has 0 fully saturated rings. The highest BCUT2D eigenvalue weighted by Gasteiger charge is 2.26. The lowest BCUT2D eigenvalue weighted by Crippen LogP contribution is -2.42. The summed E-state index contributed by atoms with van der Waals surface area (Å²) in [4.78, 5) is 35.9. The van der Waals surface area contributed by atoms with Crippen molar-refractivity contribution in [3.8, 4) is 17.6 Å². The van der Waals surface area contributed by atoms with E-state index in [-0.39, 0.29) is 51.8 Å². The Morgan fingerprint density at radius 1 is 1.28 bits per heavy atom. The van der Waals surface area contributed by atoms with Gasteiger partial charge in [0.25, 0.3) is 5.56 Å². The van der Waals surface area contributed by atoms with E-state index < -0.39 is 17.6 Å². The van der Waals surface area contributed by atoms with E-state index in [1.54, 1.807) is 6.92 Å². The number of aromatic nitrogens is 1. The largest absolute Gasteiger partial charge is 0.465 e. The van der Waals surface area contributed by atoms with Crippen LogP contribution in [0.3, 0.4) is 0 Å². The molecule has 1 aliphatic heterocycles. The highest BCUT2D eigenvalue weighted by molar-refractivity contribution is 6.37. The zero-order valence-corrected chi connectivity index (χ0v) is 18.1. The lowest BCUT2D eigenvalue weighted by Gasteiger charge is -2.24. The van der Waals surface area contributed by atoms with Gasteiger partial charge in [0.05, 0.1) is 34.2 Å². The fourth-order valence-electron chi connectivity index (χ4n) is 2.64. The third-order valence-electron chi connectivity index (χ3n) is 4.05. The van der Waals surface area contributed by atoms with E-state index >= 15 is 0 Å². The smallest absolute Gasteiger partial charge is 0.347 e. The minimum absolute atomic E-state index is 0.0292. The Bertz CT molecular complexity index is 1220. The number of urea groups is 1. The highest BCUT2D eigenvalue weighted by Crippen LogP contribution is 2.40.